The number of H-pyrrole nitrogens is 1. The van der Waals surface area contributed by atoms with E-state index in [0.29, 0.717) is 5.56 Å². The molecule has 3 rings (SSSR count). The maximum atomic E-state index is 13.3. The van der Waals surface area contributed by atoms with E-state index in [1.165, 1.54) is 5.57 Å². The minimum Gasteiger partial charge on any atom is -0.357 e. The van der Waals surface area contributed by atoms with Crippen LogP contribution >= 0.6 is 0 Å². The molecule has 0 fully saturated rings. The molecule has 2 aromatic rings. The molecule has 0 bridgehead atoms. The Morgan fingerprint density at radius 1 is 1.22 bits per heavy atom. The number of nitrogens with zero attached hydrogens (tertiary/aromatic N) is 1. The van der Waals surface area contributed by atoms with E-state index in [1.807, 2.05) is 19.1 Å². The Balaban J connectivity index is 2.22. The van der Waals surface area contributed by atoms with Crippen LogP contribution in [-0.4, -0.2) is 10.8 Å². The largest absolute Gasteiger partial charge is 0.357 e. The summed E-state index contributed by atoms with van der Waals surface area (Å²) in [5.41, 5.74) is 6.27. The van der Waals surface area contributed by atoms with Gasteiger partial charge in [-0.05, 0) is 37.5 Å². The highest BCUT2D eigenvalue weighted by molar-refractivity contribution is 6.19. The molecule has 1 N–H and O–H groups in total. The van der Waals surface area contributed by atoms with E-state index < -0.39 is 0 Å². The standard InChI is InChI=1S/C24H28N2O/c1-6-8-16(9-7-2)12-19-15(3)22(27)21-18-11-10-17(14-25)13-20(18)26-23(21)24(19,4)5/h10-13,26H,6-9H2,1-5H3. The third-order valence-electron chi connectivity index (χ3n) is 5.69. The number of benzene rings is 1. The molecule has 0 aliphatic heterocycles. The van der Waals surface area contributed by atoms with Crippen LogP contribution in [-0.2, 0) is 5.41 Å². The Labute approximate surface area is 161 Å². The summed E-state index contributed by atoms with van der Waals surface area (Å²) in [6.45, 7) is 10.7. The fourth-order valence-electron chi connectivity index (χ4n) is 4.29. The second-order valence-corrected chi connectivity index (χ2v) is 8.04. The molecule has 0 saturated carbocycles. The van der Waals surface area contributed by atoms with Crippen molar-refractivity contribution < 1.29 is 4.79 Å². The third kappa shape index (κ3) is 3.14. The highest BCUT2D eigenvalue weighted by Crippen LogP contribution is 2.44. The van der Waals surface area contributed by atoms with E-state index in [9.17, 15) is 10.1 Å². The Bertz CT molecular complexity index is 1000. The third-order valence-corrected chi connectivity index (χ3v) is 5.69. The molecule has 27 heavy (non-hydrogen) atoms. The van der Waals surface area contributed by atoms with Crippen LogP contribution in [0.25, 0.3) is 10.9 Å². The number of hydrogen-bond donors (Lipinski definition) is 1. The molecule has 1 aliphatic carbocycles. The van der Waals surface area contributed by atoms with Crippen molar-refractivity contribution in [1.29, 1.82) is 5.26 Å². The van der Waals surface area contributed by atoms with Gasteiger partial charge in [-0.1, -0.05) is 58.3 Å². The summed E-state index contributed by atoms with van der Waals surface area (Å²) in [6, 6.07) is 7.69. The van der Waals surface area contributed by atoms with Crippen LogP contribution < -0.4 is 0 Å². The van der Waals surface area contributed by atoms with Gasteiger partial charge in [0.25, 0.3) is 0 Å². The Kier molecular flexibility index (Phi) is 5.11. The maximum Gasteiger partial charge on any atom is 0.191 e. The molecular weight excluding hydrogens is 332 g/mol. The van der Waals surface area contributed by atoms with E-state index in [0.717, 1.165) is 59.0 Å². The number of rotatable bonds is 5. The van der Waals surface area contributed by atoms with Crippen LogP contribution in [0.2, 0.25) is 0 Å². The van der Waals surface area contributed by atoms with Crippen molar-refractivity contribution in [1.82, 2.24) is 4.98 Å². The van der Waals surface area contributed by atoms with Crippen LogP contribution in [0.3, 0.4) is 0 Å². The van der Waals surface area contributed by atoms with Gasteiger partial charge in [0.1, 0.15) is 0 Å². The Morgan fingerprint density at radius 2 is 1.89 bits per heavy atom. The van der Waals surface area contributed by atoms with Gasteiger partial charge in [0, 0.05) is 27.6 Å². The normalized spacial score (nSPS) is 15.6. The first kappa shape index (κ1) is 19.2. The number of aromatic amines is 1. The van der Waals surface area contributed by atoms with Crippen molar-refractivity contribution in [2.45, 2.75) is 65.7 Å². The number of Topliss-reactive ketones (excluding diaryl/α,β-unsaturated/α-hetero) is 1. The first-order chi connectivity index (χ1) is 12.8. The lowest BCUT2D eigenvalue weighted by Crippen LogP contribution is -2.30. The SMILES string of the molecule is CCCC(=CC1=C(C)C(=O)c2c([nH]c3cc(C#N)ccc23)C1(C)C)CCC. The fraction of sp³-hybridized carbons (Fsp3) is 0.417. The molecule has 0 atom stereocenters. The zero-order chi connectivity index (χ0) is 19.8. The number of nitrogens with one attached hydrogen (secondary N) is 1. The second-order valence-electron chi connectivity index (χ2n) is 8.04. The number of nitriles is 1. The van der Waals surface area contributed by atoms with Gasteiger partial charge in [-0.25, -0.2) is 0 Å². The molecule has 0 radical (unpaired) electrons. The second kappa shape index (κ2) is 7.19. The smallest absolute Gasteiger partial charge is 0.191 e. The molecule has 1 heterocycles. The summed E-state index contributed by atoms with van der Waals surface area (Å²) in [6.07, 6.45) is 6.64. The monoisotopic (exact) mass is 360 g/mol. The van der Waals surface area contributed by atoms with Crippen molar-refractivity contribution in [3.8, 4) is 6.07 Å². The van der Waals surface area contributed by atoms with Gasteiger partial charge in [-0.3, -0.25) is 4.79 Å². The zero-order valence-electron chi connectivity index (χ0n) is 17.0. The van der Waals surface area contributed by atoms with Gasteiger partial charge in [0.2, 0.25) is 0 Å². The summed E-state index contributed by atoms with van der Waals surface area (Å²) in [7, 11) is 0. The van der Waals surface area contributed by atoms with Crippen LogP contribution in [0.15, 0.2) is 41.0 Å². The van der Waals surface area contributed by atoms with Gasteiger partial charge < -0.3 is 4.98 Å². The molecule has 0 spiro atoms. The topological polar surface area (TPSA) is 56.6 Å². The van der Waals surface area contributed by atoms with Crippen molar-refractivity contribution in [2.75, 3.05) is 0 Å². The minimum atomic E-state index is -0.286. The molecule has 140 valence electrons. The molecule has 1 aromatic heterocycles. The number of carbonyl (C=O) groups is 1. The lowest BCUT2D eigenvalue weighted by molar-refractivity contribution is 0.102. The van der Waals surface area contributed by atoms with Crippen LogP contribution in [0.5, 0.6) is 0 Å². The number of ketones is 1. The number of hydrogen-bond acceptors (Lipinski definition) is 2. The van der Waals surface area contributed by atoms with Crippen molar-refractivity contribution in [3.63, 3.8) is 0 Å². The predicted molar refractivity (Wildman–Crippen MR) is 111 cm³/mol. The molecular formula is C24H28N2O. The van der Waals surface area contributed by atoms with Gasteiger partial charge >= 0.3 is 0 Å². The zero-order valence-corrected chi connectivity index (χ0v) is 17.0. The summed E-state index contributed by atoms with van der Waals surface area (Å²) < 4.78 is 0. The van der Waals surface area contributed by atoms with E-state index in [1.54, 1.807) is 6.07 Å². The number of carbonyl (C=O) groups excluding carboxylic acids is 1. The highest BCUT2D eigenvalue weighted by Gasteiger charge is 2.39. The Morgan fingerprint density at radius 3 is 2.48 bits per heavy atom. The summed E-state index contributed by atoms with van der Waals surface area (Å²) in [5, 5.41) is 10.1. The van der Waals surface area contributed by atoms with Crippen LogP contribution in [0.1, 0.15) is 81.9 Å². The Hall–Kier alpha value is -2.60. The van der Waals surface area contributed by atoms with E-state index in [-0.39, 0.29) is 11.2 Å². The first-order valence-corrected chi connectivity index (χ1v) is 9.86. The van der Waals surface area contributed by atoms with E-state index >= 15 is 0 Å². The fourth-order valence-corrected chi connectivity index (χ4v) is 4.29. The summed E-state index contributed by atoms with van der Waals surface area (Å²) in [5.74, 6) is 0.0962. The maximum absolute atomic E-state index is 13.3. The predicted octanol–water partition coefficient (Wildman–Crippen LogP) is 6.36. The molecule has 0 unspecified atom stereocenters. The van der Waals surface area contributed by atoms with E-state index in [2.05, 4.69) is 44.8 Å². The summed E-state index contributed by atoms with van der Waals surface area (Å²) >= 11 is 0. The molecule has 3 heteroatoms. The lowest BCUT2D eigenvalue weighted by Gasteiger charge is -2.33. The quantitative estimate of drug-likeness (QED) is 0.675. The first-order valence-electron chi connectivity index (χ1n) is 9.86. The van der Waals surface area contributed by atoms with E-state index in [4.69, 9.17) is 0 Å². The molecule has 0 saturated heterocycles. The molecule has 0 amide bonds. The van der Waals surface area contributed by atoms with Crippen LogP contribution in [0, 0.1) is 11.3 Å². The molecule has 1 aromatic carbocycles. The average molecular weight is 361 g/mol. The summed E-state index contributed by atoms with van der Waals surface area (Å²) in [4.78, 5) is 16.7. The number of fused-ring (bicyclic) bond motifs is 3. The number of allylic oxidation sites excluding steroid dienone is 4. The van der Waals surface area contributed by atoms with Crippen molar-refractivity contribution in [2.24, 2.45) is 0 Å². The van der Waals surface area contributed by atoms with Crippen molar-refractivity contribution in [3.05, 3.63) is 57.8 Å². The molecule has 1 aliphatic rings. The minimum absolute atomic E-state index is 0.0962. The number of aromatic nitrogens is 1. The average Bonchev–Trinajstić information content (AvgIpc) is 3.03. The highest BCUT2D eigenvalue weighted by atomic mass is 16.1. The van der Waals surface area contributed by atoms with Gasteiger partial charge in [0.05, 0.1) is 17.2 Å². The van der Waals surface area contributed by atoms with Gasteiger partial charge in [-0.2, -0.15) is 5.26 Å². The lowest BCUT2D eigenvalue weighted by atomic mass is 9.70. The van der Waals surface area contributed by atoms with Crippen molar-refractivity contribution >= 4 is 16.7 Å². The molecule has 3 nitrogen and oxygen atoms in total. The van der Waals surface area contributed by atoms with Gasteiger partial charge in [0.15, 0.2) is 5.78 Å². The van der Waals surface area contributed by atoms with Crippen LogP contribution in [0.4, 0.5) is 0 Å². The van der Waals surface area contributed by atoms with Gasteiger partial charge in [-0.15, -0.1) is 0 Å².